The number of hydrogen-bond donors (Lipinski definition) is 3. The first-order valence-corrected chi connectivity index (χ1v) is 8.82. The maximum atomic E-state index is 10.2. The summed E-state index contributed by atoms with van der Waals surface area (Å²) >= 11 is 5.97. The van der Waals surface area contributed by atoms with Crippen LogP contribution in [0.4, 0.5) is 5.69 Å². The topological polar surface area (TPSA) is 77.3 Å². The minimum Gasteiger partial charge on any atom is -0.489 e. The van der Waals surface area contributed by atoms with Crippen molar-refractivity contribution in [2.45, 2.75) is 25.5 Å². The standard InChI is InChI=1S/C20H24ClN3O2/c1-20(2,14-23-15-7-4-3-5-8-15)24-12-16(25)13-26-19-10-6-9-18(21)17(19)11-22/h3-10,16,23-25H,12-14H2,1-2H3/t16-/m1/s1. The molecule has 0 saturated heterocycles. The Kier molecular flexibility index (Phi) is 7.28. The summed E-state index contributed by atoms with van der Waals surface area (Å²) < 4.78 is 5.55. The molecule has 0 heterocycles. The Bertz CT molecular complexity index is 744. The third kappa shape index (κ3) is 6.23. The van der Waals surface area contributed by atoms with Gasteiger partial charge in [0.2, 0.25) is 0 Å². The number of ether oxygens (including phenoxy) is 1. The predicted octanol–water partition coefficient (Wildman–Crippen LogP) is 3.43. The van der Waals surface area contributed by atoms with Gasteiger partial charge in [0.25, 0.3) is 0 Å². The first-order chi connectivity index (χ1) is 12.4. The fourth-order valence-corrected chi connectivity index (χ4v) is 2.52. The molecular weight excluding hydrogens is 350 g/mol. The van der Waals surface area contributed by atoms with Crippen LogP contribution < -0.4 is 15.4 Å². The SMILES string of the molecule is CC(C)(CNc1ccccc1)NC[C@@H](O)COc1cccc(Cl)c1C#N. The van der Waals surface area contributed by atoms with Crippen molar-refractivity contribution < 1.29 is 9.84 Å². The Morgan fingerprint density at radius 1 is 1.19 bits per heavy atom. The van der Waals surface area contributed by atoms with E-state index >= 15 is 0 Å². The van der Waals surface area contributed by atoms with Gasteiger partial charge >= 0.3 is 0 Å². The number of aliphatic hydroxyl groups excluding tert-OH is 1. The molecule has 3 N–H and O–H groups in total. The van der Waals surface area contributed by atoms with Crippen molar-refractivity contribution in [3.05, 3.63) is 59.1 Å². The number of nitriles is 1. The van der Waals surface area contributed by atoms with Crippen LogP contribution in [0.25, 0.3) is 0 Å². The van der Waals surface area contributed by atoms with E-state index in [4.69, 9.17) is 21.6 Å². The van der Waals surface area contributed by atoms with Gasteiger partial charge in [-0.25, -0.2) is 0 Å². The maximum absolute atomic E-state index is 10.2. The average molecular weight is 374 g/mol. The molecule has 2 rings (SSSR count). The highest BCUT2D eigenvalue weighted by atomic mass is 35.5. The minimum absolute atomic E-state index is 0.0736. The van der Waals surface area contributed by atoms with E-state index < -0.39 is 6.10 Å². The zero-order chi connectivity index (χ0) is 19.0. The van der Waals surface area contributed by atoms with Gasteiger partial charge in [-0.1, -0.05) is 35.9 Å². The van der Waals surface area contributed by atoms with E-state index in [0.29, 0.717) is 23.9 Å². The summed E-state index contributed by atoms with van der Waals surface area (Å²) in [5, 5.41) is 26.3. The summed E-state index contributed by atoms with van der Waals surface area (Å²) in [6.45, 7) is 5.26. The maximum Gasteiger partial charge on any atom is 0.138 e. The number of halogens is 1. The van der Waals surface area contributed by atoms with Crippen molar-refractivity contribution in [1.29, 1.82) is 5.26 Å². The van der Waals surface area contributed by atoms with E-state index in [-0.39, 0.29) is 17.7 Å². The quantitative estimate of drug-likeness (QED) is 0.627. The van der Waals surface area contributed by atoms with Gasteiger partial charge < -0.3 is 20.5 Å². The fourth-order valence-electron chi connectivity index (χ4n) is 2.31. The lowest BCUT2D eigenvalue weighted by atomic mass is 10.1. The molecule has 2 aromatic carbocycles. The fraction of sp³-hybridized carbons (Fsp3) is 0.350. The number of para-hydroxylation sites is 1. The second-order valence-electron chi connectivity index (χ2n) is 6.67. The Hall–Kier alpha value is -2.26. The first kappa shape index (κ1) is 20.1. The van der Waals surface area contributed by atoms with Crippen LogP contribution >= 0.6 is 11.6 Å². The smallest absolute Gasteiger partial charge is 0.138 e. The van der Waals surface area contributed by atoms with Crippen LogP contribution in [0.2, 0.25) is 5.02 Å². The highest BCUT2D eigenvalue weighted by Crippen LogP contribution is 2.25. The molecule has 6 heteroatoms. The molecule has 0 spiro atoms. The van der Waals surface area contributed by atoms with Crippen LogP contribution in [-0.2, 0) is 0 Å². The summed E-state index contributed by atoms with van der Waals surface area (Å²) in [6.07, 6.45) is -0.712. The van der Waals surface area contributed by atoms with E-state index in [1.165, 1.54) is 0 Å². The lowest BCUT2D eigenvalue weighted by molar-refractivity contribution is 0.0995. The molecule has 0 aliphatic heterocycles. The molecule has 0 aliphatic carbocycles. The van der Waals surface area contributed by atoms with Crippen LogP contribution in [0.5, 0.6) is 5.75 Å². The minimum atomic E-state index is -0.712. The number of rotatable bonds is 9. The third-order valence-corrected chi connectivity index (χ3v) is 4.16. The van der Waals surface area contributed by atoms with Gasteiger partial charge in [-0.15, -0.1) is 0 Å². The van der Waals surface area contributed by atoms with Crippen LogP contribution in [0, 0.1) is 11.3 Å². The second-order valence-corrected chi connectivity index (χ2v) is 7.08. The van der Waals surface area contributed by atoms with E-state index in [2.05, 4.69) is 24.5 Å². The average Bonchev–Trinajstić information content (AvgIpc) is 2.64. The van der Waals surface area contributed by atoms with Crippen LogP contribution in [0.15, 0.2) is 48.5 Å². The summed E-state index contributed by atoms with van der Waals surface area (Å²) in [4.78, 5) is 0. The zero-order valence-corrected chi connectivity index (χ0v) is 15.8. The molecule has 5 nitrogen and oxygen atoms in total. The van der Waals surface area contributed by atoms with Gasteiger partial charge in [0.15, 0.2) is 0 Å². The summed E-state index contributed by atoms with van der Waals surface area (Å²) in [5.41, 5.74) is 1.11. The van der Waals surface area contributed by atoms with E-state index in [1.54, 1.807) is 18.2 Å². The number of nitrogens with zero attached hydrogens (tertiary/aromatic N) is 1. The number of β-amino-alcohol motifs (C(OH)–C–C–N with tert-alkyl or cyclic N) is 1. The number of hydrogen-bond acceptors (Lipinski definition) is 5. The van der Waals surface area contributed by atoms with Crippen molar-refractivity contribution >= 4 is 17.3 Å². The van der Waals surface area contributed by atoms with Crippen molar-refractivity contribution in [2.75, 3.05) is 25.0 Å². The summed E-state index contributed by atoms with van der Waals surface area (Å²) in [7, 11) is 0. The highest BCUT2D eigenvalue weighted by Gasteiger charge is 2.19. The number of nitrogens with one attached hydrogen (secondary N) is 2. The number of benzene rings is 2. The number of anilines is 1. The first-order valence-electron chi connectivity index (χ1n) is 8.45. The molecule has 0 amide bonds. The van der Waals surface area contributed by atoms with Crippen molar-refractivity contribution in [1.82, 2.24) is 5.32 Å². The molecule has 0 saturated carbocycles. The van der Waals surface area contributed by atoms with Gasteiger partial charge in [0, 0.05) is 24.3 Å². The molecule has 0 bridgehead atoms. The van der Waals surface area contributed by atoms with E-state index in [0.717, 1.165) is 5.69 Å². The van der Waals surface area contributed by atoms with Gasteiger partial charge in [0.1, 0.15) is 30.1 Å². The lowest BCUT2D eigenvalue weighted by Gasteiger charge is -2.28. The molecule has 138 valence electrons. The van der Waals surface area contributed by atoms with Crippen LogP contribution in [0.1, 0.15) is 19.4 Å². The molecule has 0 radical (unpaired) electrons. The number of aliphatic hydroxyl groups is 1. The van der Waals surface area contributed by atoms with Crippen LogP contribution in [0.3, 0.4) is 0 Å². The monoisotopic (exact) mass is 373 g/mol. The third-order valence-electron chi connectivity index (χ3n) is 3.84. The molecule has 0 unspecified atom stereocenters. The van der Waals surface area contributed by atoms with Gasteiger partial charge in [-0.3, -0.25) is 0 Å². The van der Waals surface area contributed by atoms with Gasteiger partial charge in [-0.2, -0.15) is 5.26 Å². The predicted molar refractivity (Wildman–Crippen MR) is 105 cm³/mol. The highest BCUT2D eigenvalue weighted by molar-refractivity contribution is 6.31. The Labute approximate surface area is 159 Å². The lowest BCUT2D eigenvalue weighted by Crippen LogP contribution is -2.49. The van der Waals surface area contributed by atoms with E-state index in [1.807, 2.05) is 36.4 Å². The summed E-state index contributed by atoms with van der Waals surface area (Å²) in [5.74, 6) is 0.379. The Morgan fingerprint density at radius 3 is 2.62 bits per heavy atom. The second kappa shape index (κ2) is 9.44. The van der Waals surface area contributed by atoms with Gasteiger partial charge in [0.05, 0.1) is 5.02 Å². The largest absolute Gasteiger partial charge is 0.489 e. The summed E-state index contributed by atoms with van der Waals surface area (Å²) in [6, 6.07) is 17.0. The van der Waals surface area contributed by atoms with Crippen LogP contribution in [-0.4, -0.2) is 36.4 Å². The van der Waals surface area contributed by atoms with Crippen molar-refractivity contribution in [3.8, 4) is 11.8 Å². The van der Waals surface area contributed by atoms with Crippen molar-refractivity contribution in [3.63, 3.8) is 0 Å². The van der Waals surface area contributed by atoms with Gasteiger partial charge in [-0.05, 0) is 38.1 Å². The molecule has 26 heavy (non-hydrogen) atoms. The molecule has 1 atom stereocenters. The van der Waals surface area contributed by atoms with Crippen molar-refractivity contribution in [2.24, 2.45) is 0 Å². The Morgan fingerprint density at radius 2 is 1.92 bits per heavy atom. The molecule has 0 fully saturated rings. The zero-order valence-electron chi connectivity index (χ0n) is 15.0. The molecule has 0 aliphatic rings. The Balaban J connectivity index is 1.78. The van der Waals surface area contributed by atoms with E-state index in [9.17, 15) is 5.11 Å². The molecule has 2 aromatic rings. The normalized spacial score (nSPS) is 12.3. The molecule has 0 aromatic heterocycles. The molecular formula is C20H24ClN3O2.